The van der Waals surface area contributed by atoms with Gasteiger partial charge in [0.1, 0.15) is 10.8 Å². The molecule has 0 aromatic heterocycles. The summed E-state index contributed by atoms with van der Waals surface area (Å²) in [7, 11) is 0. The van der Waals surface area contributed by atoms with Gasteiger partial charge < -0.3 is 9.47 Å². The van der Waals surface area contributed by atoms with E-state index in [0.29, 0.717) is 12.0 Å². The summed E-state index contributed by atoms with van der Waals surface area (Å²) >= 11 is 12.1. The second kappa shape index (κ2) is 9.09. The van der Waals surface area contributed by atoms with E-state index in [1.165, 1.54) is 12.1 Å². The third-order valence-corrected chi connectivity index (χ3v) is 3.63. The van der Waals surface area contributed by atoms with Crippen molar-refractivity contribution in [1.29, 1.82) is 0 Å². The van der Waals surface area contributed by atoms with E-state index in [1.807, 2.05) is 0 Å². The summed E-state index contributed by atoms with van der Waals surface area (Å²) in [5.41, 5.74) is 0.541. The average molecular weight is 378 g/mol. The van der Waals surface area contributed by atoms with Gasteiger partial charge in [0.15, 0.2) is 12.4 Å². The number of carbonyl (C=O) groups excluding carboxylic acids is 2. The number of rotatable bonds is 9. The van der Waals surface area contributed by atoms with Crippen molar-refractivity contribution in [2.45, 2.75) is 13.3 Å². The number of halogens is 2. The lowest BCUT2D eigenvalue weighted by Gasteiger charge is -2.11. The van der Waals surface area contributed by atoms with Crippen LogP contribution in [0.25, 0.3) is 0 Å². The zero-order chi connectivity index (χ0) is 18.3. The molecule has 0 fully saturated rings. The SMILES string of the molecule is C=C(CC)C(=O)c1ccc(OCC(=O)OCO[N+](=O)[O-])c(Cl)c1Cl. The Kier molecular flexibility index (Phi) is 7.47. The number of nitrogens with zero attached hydrogens (tertiary/aromatic N) is 1. The number of hydrogen-bond acceptors (Lipinski definition) is 7. The zero-order valence-electron chi connectivity index (χ0n) is 12.5. The van der Waals surface area contributed by atoms with E-state index in [9.17, 15) is 19.7 Å². The van der Waals surface area contributed by atoms with Crippen LogP contribution in [0, 0.1) is 10.1 Å². The van der Waals surface area contributed by atoms with Crippen LogP contribution in [0.15, 0.2) is 24.3 Å². The average Bonchev–Trinajstić information content (AvgIpc) is 2.54. The number of ketones is 1. The molecular formula is C14H13Cl2NO7. The quantitative estimate of drug-likeness (QED) is 0.162. The molecule has 0 heterocycles. The standard InChI is InChI=1S/C14H13Cl2NO7/c1-3-8(2)14(19)9-4-5-10(13(16)12(9)15)22-6-11(18)23-7-24-17(20)21/h4-5H,2-3,6-7H2,1H3. The number of esters is 1. The van der Waals surface area contributed by atoms with Crippen molar-refractivity contribution in [3.8, 4) is 5.75 Å². The largest absolute Gasteiger partial charge is 0.480 e. The van der Waals surface area contributed by atoms with Gasteiger partial charge >= 0.3 is 5.97 Å². The van der Waals surface area contributed by atoms with Gasteiger partial charge in [-0.25, -0.2) is 4.79 Å². The first kappa shape index (κ1) is 19.7. The van der Waals surface area contributed by atoms with Gasteiger partial charge in [-0.3, -0.25) is 9.63 Å². The highest BCUT2D eigenvalue weighted by atomic mass is 35.5. The molecular weight excluding hydrogens is 365 g/mol. The van der Waals surface area contributed by atoms with Gasteiger partial charge in [-0.1, -0.05) is 36.7 Å². The summed E-state index contributed by atoms with van der Waals surface area (Å²) in [6, 6.07) is 2.76. The first-order chi connectivity index (χ1) is 11.3. The monoisotopic (exact) mass is 377 g/mol. The molecule has 24 heavy (non-hydrogen) atoms. The first-order valence-corrected chi connectivity index (χ1v) is 7.29. The molecule has 0 unspecified atom stereocenters. The Labute approximate surface area is 147 Å². The minimum atomic E-state index is -1.11. The molecule has 0 amide bonds. The lowest BCUT2D eigenvalue weighted by Crippen LogP contribution is -2.18. The summed E-state index contributed by atoms with van der Waals surface area (Å²) in [6.45, 7) is 3.99. The maximum atomic E-state index is 12.1. The topological polar surface area (TPSA) is 105 Å². The van der Waals surface area contributed by atoms with Crippen molar-refractivity contribution in [1.82, 2.24) is 0 Å². The van der Waals surface area contributed by atoms with Gasteiger partial charge in [-0.2, -0.15) is 0 Å². The van der Waals surface area contributed by atoms with Crippen molar-refractivity contribution in [3.05, 3.63) is 50.0 Å². The van der Waals surface area contributed by atoms with Crippen LogP contribution in [0.4, 0.5) is 0 Å². The fraction of sp³-hybridized carbons (Fsp3) is 0.286. The van der Waals surface area contributed by atoms with Crippen LogP contribution in [0.2, 0.25) is 10.0 Å². The Morgan fingerprint density at radius 1 is 1.29 bits per heavy atom. The van der Waals surface area contributed by atoms with E-state index in [-0.39, 0.29) is 27.1 Å². The summed E-state index contributed by atoms with van der Waals surface area (Å²) < 4.78 is 9.49. The summed E-state index contributed by atoms with van der Waals surface area (Å²) in [5, 5.41) is 8.70. The second-order valence-corrected chi connectivity index (χ2v) is 5.06. The van der Waals surface area contributed by atoms with Crippen LogP contribution in [0.3, 0.4) is 0 Å². The Bertz CT molecular complexity index is 675. The molecule has 0 N–H and O–H groups in total. The predicted molar refractivity (Wildman–Crippen MR) is 84.8 cm³/mol. The number of allylic oxidation sites excluding steroid dienone is 1. The molecule has 0 aliphatic heterocycles. The van der Waals surface area contributed by atoms with Crippen LogP contribution in [0.5, 0.6) is 5.75 Å². The van der Waals surface area contributed by atoms with E-state index in [4.69, 9.17) is 27.9 Å². The van der Waals surface area contributed by atoms with Crippen molar-refractivity contribution < 1.29 is 29.0 Å². The molecule has 8 nitrogen and oxygen atoms in total. The van der Waals surface area contributed by atoms with Crippen LogP contribution < -0.4 is 4.74 Å². The number of benzene rings is 1. The fourth-order valence-corrected chi connectivity index (χ4v) is 1.94. The molecule has 1 aromatic carbocycles. The number of carbonyl (C=O) groups is 2. The summed E-state index contributed by atoms with van der Waals surface area (Å²) in [6.07, 6.45) is 0.461. The van der Waals surface area contributed by atoms with Gasteiger partial charge in [-0.05, 0) is 24.1 Å². The molecule has 0 aliphatic carbocycles. The van der Waals surface area contributed by atoms with E-state index in [0.717, 1.165) is 0 Å². The second-order valence-electron chi connectivity index (χ2n) is 4.30. The molecule has 0 saturated carbocycles. The Balaban J connectivity index is 2.73. The fourth-order valence-electron chi connectivity index (χ4n) is 1.48. The first-order valence-electron chi connectivity index (χ1n) is 6.54. The van der Waals surface area contributed by atoms with E-state index in [1.54, 1.807) is 6.92 Å². The third kappa shape index (κ3) is 5.39. The van der Waals surface area contributed by atoms with Gasteiger partial charge in [-0.15, -0.1) is 10.1 Å². The Hall–Kier alpha value is -2.32. The van der Waals surface area contributed by atoms with Gasteiger partial charge in [0.25, 0.3) is 5.09 Å². The normalized spacial score (nSPS) is 9.96. The molecule has 1 aromatic rings. The summed E-state index contributed by atoms with van der Waals surface area (Å²) in [5.74, 6) is -1.21. The van der Waals surface area contributed by atoms with Crippen LogP contribution >= 0.6 is 23.2 Å². The number of ether oxygens (including phenoxy) is 2. The Morgan fingerprint density at radius 2 is 1.96 bits per heavy atom. The molecule has 0 radical (unpaired) electrons. The van der Waals surface area contributed by atoms with Crippen molar-refractivity contribution in [2.24, 2.45) is 0 Å². The van der Waals surface area contributed by atoms with E-state index in [2.05, 4.69) is 16.2 Å². The Morgan fingerprint density at radius 3 is 2.54 bits per heavy atom. The molecule has 0 bridgehead atoms. The predicted octanol–water partition coefficient (Wildman–Crippen LogP) is 3.23. The zero-order valence-corrected chi connectivity index (χ0v) is 14.1. The third-order valence-electron chi connectivity index (χ3n) is 2.76. The molecule has 130 valence electrons. The molecule has 0 atom stereocenters. The van der Waals surface area contributed by atoms with Gasteiger partial charge in [0.2, 0.25) is 6.79 Å². The molecule has 0 saturated heterocycles. The van der Waals surface area contributed by atoms with Gasteiger partial charge in [0, 0.05) is 5.56 Å². The maximum absolute atomic E-state index is 12.1. The van der Waals surface area contributed by atoms with E-state index >= 15 is 0 Å². The van der Waals surface area contributed by atoms with Crippen LogP contribution in [-0.2, 0) is 14.4 Å². The lowest BCUT2D eigenvalue weighted by atomic mass is 10.0. The van der Waals surface area contributed by atoms with Crippen molar-refractivity contribution in [2.75, 3.05) is 13.4 Å². The molecule has 0 aliphatic rings. The number of hydrogen-bond donors (Lipinski definition) is 0. The highest BCUT2D eigenvalue weighted by Gasteiger charge is 2.18. The maximum Gasteiger partial charge on any atom is 0.346 e. The summed E-state index contributed by atoms with van der Waals surface area (Å²) in [4.78, 5) is 37.1. The van der Waals surface area contributed by atoms with Gasteiger partial charge in [0.05, 0.1) is 5.02 Å². The van der Waals surface area contributed by atoms with Crippen LogP contribution in [-0.4, -0.2) is 30.2 Å². The van der Waals surface area contributed by atoms with E-state index < -0.39 is 24.5 Å². The minimum absolute atomic E-state index is 0.0289. The van der Waals surface area contributed by atoms with Crippen molar-refractivity contribution in [3.63, 3.8) is 0 Å². The van der Waals surface area contributed by atoms with Crippen LogP contribution in [0.1, 0.15) is 23.7 Å². The molecule has 10 heteroatoms. The highest BCUT2D eigenvalue weighted by Crippen LogP contribution is 2.35. The molecule has 0 spiro atoms. The smallest absolute Gasteiger partial charge is 0.346 e. The highest BCUT2D eigenvalue weighted by molar-refractivity contribution is 6.45. The molecule has 1 rings (SSSR count). The lowest BCUT2D eigenvalue weighted by molar-refractivity contribution is -0.765. The minimum Gasteiger partial charge on any atom is -0.480 e. The van der Waals surface area contributed by atoms with Crippen molar-refractivity contribution >= 4 is 35.0 Å². The number of Topliss-reactive ketones (excluding diaryl/α,β-unsaturated/α-hetero) is 1.